The Bertz CT molecular complexity index is 857. The maximum absolute atomic E-state index is 12.7. The third-order valence-electron chi connectivity index (χ3n) is 3.67. The van der Waals surface area contributed by atoms with Gasteiger partial charge in [0.1, 0.15) is 0 Å². The molecule has 2 aromatic carbocycles. The van der Waals surface area contributed by atoms with Crippen molar-refractivity contribution in [3.63, 3.8) is 0 Å². The number of amidine groups is 1. The highest BCUT2D eigenvalue weighted by Gasteiger charge is 2.26. The van der Waals surface area contributed by atoms with Gasteiger partial charge in [0.25, 0.3) is 11.6 Å². The molecule has 1 aliphatic rings. The van der Waals surface area contributed by atoms with Gasteiger partial charge in [-0.25, -0.2) is 0 Å². The largest absolute Gasteiger partial charge is 0.286 e. The number of amides is 1. The van der Waals surface area contributed by atoms with E-state index < -0.39 is 4.92 Å². The van der Waals surface area contributed by atoms with E-state index in [9.17, 15) is 14.9 Å². The smallest absolute Gasteiger partial charge is 0.270 e. The molecule has 0 fully saturated rings. The van der Waals surface area contributed by atoms with Gasteiger partial charge in [-0.15, -0.1) is 0 Å². The van der Waals surface area contributed by atoms with E-state index in [2.05, 4.69) is 4.99 Å². The summed E-state index contributed by atoms with van der Waals surface area (Å²) < 4.78 is 0. The van der Waals surface area contributed by atoms with Crippen LogP contribution in [0.2, 0.25) is 5.02 Å². The van der Waals surface area contributed by atoms with Crippen molar-refractivity contribution in [1.29, 1.82) is 0 Å². The number of thioether (sulfide) groups is 1. The van der Waals surface area contributed by atoms with Gasteiger partial charge >= 0.3 is 0 Å². The molecule has 0 bridgehead atoms. The van der Waals surface area contributed by atoms with Crippen LogP contribution in [-0.4, -0.2) is 34.0 Å². The lowest BCUT2D eigenvalue weighted by molar-refractivity contribution is -0.384. The van der Waals surface area contributed by atoms with Crippen molar-refractivity contribution in [2.75, 3.05) is 13.1 Å². The Morgan fingerprint density at radius 1 is 1.28 bits per heavy atom. The molecule has 25 heavy (non-hydrogen) atoms. The fourth-order valence-corrected chi connectivity index (χ4v) is 3.74. The van der Waals surface area contributed by atoms with Crippen molar-refractivity contribution in [3.8, 4) is 0 Å². The number of non-ortho nitro benzene ring substituents is 1. The van der Waals surface area contributed by atoms with Gasteiger partial charge in [-0.05, 0) is 17.7 Å². The van der Waals surface area contributed by atoms with Gasteiger partial charge in [-0.3, -0.25) is 24.8 Å². The van der Waals surface area contributed by atoms with Crippen molar-refractivity contribution < 1.29 is 9.72 Å². The van der Waals surface area contributed by atoms with Gasteiger partial charge in [0.2, 0.25) is 0 Å². The average molecular weight is 376 g/mol. The first-order valence-electron chi connectivity index (χ1n) is 7.53. The van der Waals surface area contributed by atoms with Gasteiger partial charge in [-0.1, -0.05) is 47.6 Å². The fourth-order valence-electron chi connectivity index (χ4n) is 2.40. The lowest BCUT2D eigenvalue weighted by Crippen LogP contribution is -2.32. The van der Waals surface area contributed by atoms with Crippen LogP contribution < -0.4 is 0 Å². The molecule has 128 valence electrons. The second-order valence-electron chi connectivity index (χ2n) is 5.31. The summed E-state index contributed by atoms with van der Waals surface area (Å²) in [5, 5.41) is 12.2. The van der Waals surface area contributed by atoms with Crippen LogP contribution in [0.15, 0.2) is 53.5 Å². The summed E-state index contributed by atoms with van der Waals surface area (Å²) >= 11 is 7.58. The number of halogens is 1. The van der Waals surface area contributed by atoms with E-state index in [1.807, 2.05) is 24.3 Å². The maximum Gasteiger partial charge on any atom is 0.270 e. The molecule has 0 radical (unpaired) electrons. The van der Waals surface area contributed by atoms with Crippen LogP contribution in [-0.2, 0) is 5.75 Å². The third kappa shape index (κ3) is 4.00. The Hall–Kier alpha value is -2.38. The highest BCUT2D eigenvalue weighted by atomic mass is 35.5. The normalized spacial score (nSPS) is 13.6. The average Bonchev–Trinajstić information content (AvgIpc) is 3.09. The van der Waals surface area contributed by atoms with E-state index in [4.69, 9.17) is 11.6 Å². The van der Waals surface area contributed by atoms with Gasteiger partial charge in [0.05, 0.1) is 11.5 Å². The second kappa shape index (κ2) is 7.67. The van der Waals surface area contributed by atoms with E-state index >= 15 is 0 Å². The number of carbonyl (C=O) groups is 1. The lowest BCUT2D eigenvalue weighted by Gasteiger charge is -2.18. The number of rotatable bonds is 4. The summed E-state index contributed by atoms with van der Waals surface area (Å²) in [5.41, 5.74) is 1.14. The van der Waals surface area contributed by atoms with E-state index in [-0.39, 0.29) is 17.2 Å². The van der Waals surface area contributed by atoms with Crippen molar-refractivity contribution in [3.05, 3.63) is 74.8 Å². The molecule has 8 heteroatoms. The summed E-state index contributed by atoms with van der Waals surface area (Å²) in [7, 11) is 0. The predicted molar refractivity (Wildman–Crippen MR) is 99.2 cm³/mol. The van der Waals surface area contributed by atoms with Crippen LogP contribution in [0.1, 0.15) is 15.9 Å². The Labute approximate surface area is 153 Å². The van der Waals surface area contributed by atoms with E-state index in [0.29, 0.717) is 29.0 Å². The summed E-state index contributed by atoms with van der Waals surface area (Å²) in [4.78, 5) is 29.0. The first-order valence-corrected chi connectivity index (χ1v) is 8.89. The summed E-state index contributed by atoms with van der Waals surface area (Å²) in [6.07, 6.45) is 0. The topological polar surface area (TPSA) is 75.8 Å². The van der Waals surface area contributed by atoms with Gasteiger partial charge in [0, 0.05) is 35.0 Å². The summed E-state index contributed by atoms with van der Waals surface area (Å²) in [6.45, 7) is 0.984. The van der Waals surface area contributed by atoms with Crippen molar-refractivity contribution in [2.45, 2.75) is 5.75 Å². The molecule has 0 saturated carbocycles. The molecule has 0 N–H and O–H groups in total. The summed E-state index contributed by atoms with van der Waals surface area (Å²) in [5.74, 6) is 0.309. The Morgan fingerprint density at radius 2 is 2.08 bits per heavy atom. The molecule has 1 aliphatic heterocycles. The van der Waals surface area contributed by atoms with Crippen LogP contribution in [0.4, 0.5) is 5.69 Å². The Morgan fingerprint density at radius 3 is 2.84 bits per heavy atom. The van der Waals surface area contributed by atoms with Crippen molar-refractivity contribution >= 4 is 40.1 Å². The van der Waals surface area contributed by atoms with Crippen molar-refractivity contribution in [2.24, 2.45) is 4.99 Å². The minimum Gasteiger partial charge on any atom is -0.286 e. The molecule has 0 atom stereocenters. The first kappa shape index (κ1) is 17.4. The number of nitro groups is 1. The quantitative estimate of drug-likeness (QED) is 0.598. The van der Waals surface area contributed by atoms with E-state index in [1.165, 1.54) is 30.0 Å². The minimum atomic E-state index is -0.512. The SMILES string of the molecule is O=C(c1cccc([N+](=O)[O-])c1)N1CCN=C1SCc1ccccc1Cl. The zero-order valence-electron chi connectivity index (χ0n) is 13.1. The Kier molecular flexibility index (Phi) is 5.35. The molecule has 6 nitrogen and oxygen atoms in total. The molecule has 2 aromatic rings. The number of hydrogen-bond acceptors (Lipinski definition) is 5. The van der Waals surface area contributed by atoms with Crippen LogP contribution in [0.3, 0.4) is 0 Å². The highest BCUT2D eigenvalue weighted by molar-refractivity contribution is 8.13. The summed E-state index contributed by atoms with van der Waals surface area (Å²) in [6, 6.07) is 13.3. The molecule has 0 spiro atoms. The zero-order chi connectivity index (χ0) is 17.8. The first-order chi connectivity index (χ1) is 12.1. The monoisotopic (exact) mass is 375 g/mol. The molecule has 0 aliphatic carbocycles. The Balaban J connectivity index is 1.73. The molecular weight excluding hydrogens is 362 g/mol. The lowest BCUT2D eigenvalue weighted by atomic mass is 10.2. The molecule has 0 saturated heterocycles. The number of aliphatic imine (C=N–C) groups is 1. The minimum absolute atomic E-state index is 0.104. The highest BCUT2D eigenvalue weighted by Crippen LogP contribution is 2.25. The fraction of sp³-hybridized carbons (Fsp3) is 0.176. The number of benzene rings is 2. The van der Waals surface area contributed by atoms with Gasteiger partial charge in [-0.2, -0.15) is 0 Å². The van der Waals surface area contributed by atoms with Gasteiger partial charge in [0.15, 0.2) is 5.17 Å². The molecule has 1 heterocycles. The van der Waals surface area contributed by atoms with Gasteiger partial charge < -0.3 is 0 Å². The molecular formula is C17H14ClN3O3S. The van der Waals surface area contributed by atoms with Crippen molar-refractivity contribution in [1.82, 2.24) is 4.90 Å². The maximum atomic E-state index is 12.7. The van der Waals surface area contributed by atoms with Crippen LogP contribution in [0, 0.1) is 10.1 Å². The van der Waals surface area contributed by atoms with E-state index in [0.717, 1.165) is 5.56 Å². The molecule has 0 unspecified atom stereocenters. The molecule has 1 amide bonds. The van der Waals surface area contributed by atoms with E-state index in [1.54, 1.807) is 11.0 Å². The number of nitrogens with zero attached hydrogens (tertiary/aromatic N) is 3. The standard InChI is InChI=1S/C17H14ClN3O3S/c18-15-7-2-1-4-13(15)11-25-17-19-8-9-20(17)16(22)12-5-3-6-14(10-12)21(23)24/h1-7,10H,8-9,11H2. The van der Waals surface area contributed by atoms with Crippen LogP contribution in [0.5, 0.6) is 0 Å². The number of carbonyl (C=O) groups excluding carboxylic acids is 1. The van der Waals surface area contributed by atoms with Crippen LogP contribution >= 0.6 is 23.4 Å². The molecule has 3 rings (SSSR count). The third-order valence-corrected chi connectivity index (χ3v) is 5.10. The zero-order valence-corrected chi connectivity index (χ0v) is 14.7. The molecule has 0 aromatic heterocycles. The number of hydrogen-bond donors (Lipinski definition) is 0. The number of nitro benzene ring substituents is 1. The second-order valence-corrected chi connectivity index (χ2v) is 6.66. The van der Waals surface area contributed by atoms with Crippen LogP contribution in [0.25, 0.3) is 0 Å². The predicted octanol–water partition coefficient (Wildman–Crippen LogP) is 3.99.